The van der Waals surface area contributed by atoms with Crippen LogP contribution in [0.4, 0.5) is 0 Å². The molecule has 2 nitrogen and oxygen atoms in total. The summed E-state index contributed by atoms with van der Waals surface area (Å²) >= 11 is 0. The van der Waals surface area contributed by atoms with Crippen LogP contribution in [0.15, 0.2) is 85.0 Å². The highest BCUT2D eigenvalue weighted by Gasteiger charge is 2.51. The SMILES string of the molecule is CC1/C=C/CC2(C#N)CCCC2CCC/C=C/C(O[Si](c2ccccc2)(c2ccccc2)C(C)(C)C)CC1. The molecule has 0 bridgehead atoms. The van der Waals surface area contributed by atoms with Gasteiger partial charge in [0, 0.05) is 0 Å². The molecule has 0 saturated heterocycles. The first kappa shape index (κ1) is 28.6. The fourth-order valence-electron chi connectivity index (χ4n) is 6.90. The van der Waals surface area contributed by atoms with Crippen molar-refractivity contribution in [2.24, 2.45) is 17.3 Å². The molecule has 1 fully saturated rings. The lowest BCUT2D eigenvalue weighted by molar-refractivity contribution is 0.214. The quantitative estimate of drug-likeness (QED) is 0.297. The first-order chi connectivity index (χ1) is 18.3. The highest BCUT2D eigenvalue weighted by Crippen LogP contribution is 2.48. The van der Waals surface area contributed by atoms with Gasteiger partial charge in [-0.3, -0.25) is 0 Å². The Kier molecular flexibility index (Phi) is 9.50. The summed E-state index contributed by atoms with van der Waals surface area (Å²) in [6, 6.07) is 24.8. The molecule has 0 N–H and O–H groups in total. The fourth-order valence-corrected chi connectivity index (χ4v) is 11.6. The predicted molar refractivity (Wildman–Crippen MR) is 163 cm³/mol. The van der Waals surface area contributed by atoms with Gasteiger partial charge in [-0.15, -0.1) is 0 Å². The number of benzene rings is 2. The minimum Gasteiger partial charge on any atom is -0.401 e. The van der Waals surface area contributed by atoms with Crippen LogP contribution >= 0.6 is 0 Å². The Morgan fingerprint density at radius 3 is 2.08 bits per heavy atom. The predicted octanol–water partition coefficient (Wildman–Crippen LogP) is 8.34. The number of nitrogens with zero attached hydrogens (tertiary/aromatic N) is 1. The highest BCUT2D eigenvalue weighted by atomic mass is 28.4. The molecule has 0 heterocycles. The van der Waals surface area contributed by atoms with Crippen molar-refractivity contribution < 1.29 is 4.43 Å². The van der Waals surface area contributed by atoms with Crippen molar-refractivity contribution in [1.82, 2.24) is 0 Å². The van der Waals surface area contributed by atoms with E-state index in [4.69, 9.17) is 4.43 Å². The van der Waals surface area contributed by atoms with E-state index in [0.29, 0.717) is 11.8 Å². The average molecular weight is 526 g/mol. The maximum Gasteiger partial charge on any atom is 0.261 e. The molecule has 4 unspecified atom stereocenters. The topological polar surface area (TPSA) is 33.0 Å². The number of rotatable bonds is 4. The van der Waals surface area contributed by atoms with Gasteiger partial charge >= 0.3 is 0 Å². The smallest absolute Gasteiger partial charge is 0.261 e. The van der Waals surface area contributed by atoms with Crippen LogP contribution in [0.2, 0.25) is 5.04 Å². The number of fused-ring (bicyclic) bond motifs is 1. The van der Waals surface area contributed by atoms with Gasteiger partial charge in [0.05, 0.1) is 17.6 Å². The molecule has 0 spiro atoms. The van der Waals surface area contributed by atoms with Gasteiger partial charge in [-0.2, -0.15) is 5.26 Å². The van der Waals surface area contributed by atoms with Crippen LogP contribution in [0.1, 0.15) is 85.5 Å². The third-order valence-corrected chi connectivity index (χ3v) is 14.1. The summed E-state index contributed by atoms with van der Waals surface area (Å²) in [6.07, 6.45) is 19.3. The zero-order valence-corrected chi connectivity index (χ0v) is 25.0. The van der Waals surface area contributed by atoms with Gasteiger partial charge in [0.1, 0.15) is 0 Å². The van der Waals surface area contributed by atoms with Crippen molar-refractivity contribution in [2.45, 2.75) is 96.6 Å². The van der Waals surface area contributed by atoms with Crippen molar-refractivity contribution in [1.29, 1.82) is 5.26 Å². The van der Waals surface area contributed by atoms with E-state index in [1.165, 1.54) is 23.2 Å². The lowest BCUT2D eigenvalue weighted by Gasteiger charge is -2.45. The molecule has 0 aliphatic heterocycles. The van der Waals surface area contributed by atoms with Crippen molar-refractivity contribution in [3.63, 3.8) is 0 Å². The lowest BCUT2D eigenvalue weighted by atomic mass is 9.74. The van der Waals surface area contributed by atoms with Crippen LogP contribution in [0.3, 0.4) is 0 Å². The Balaban J connectivity index is 1.65. The molecule has 0 amide bonds. The average Bonchev–Trinajstić information content (AvgIpc) is 3.32. The van der Waals surface area contributed by atoms with Gasteiger partial charge in [0.15, 0.2) is 0 Å². The monoisotopic (exact) mass is 525 g/mol. The first-order valence-corrected chi connectivity index (χ1v) is 16.7. The van der Waals surface area contributed by atoms with Crippen LogP contribution in [0.25, 0.3) is 0 Å². The summed E-state index contributed by atoms with van der Waals surface area (Å²) in [4.78, 5) is 0. The Labute approximate surface area is 233 Å². The van der Waals surface area contributed by atoms with Crippen LogP contribution in [-0.4, -0.2) is 14.4 Å². The van der Waals surface area contributed by atoms with Crippen LogP contribution < -0.4 is 10.4 Å². The third-order valence-electron chi connectivity index (χ3n) is 9.05. The molecular formula is C35H47NOSi. The summed E-state index contributed by atoms with van der Waals surface area (Å²) < 4.78 is 7.51. The van der Waals surface area contributed by atoms with Crippen LogP contribution in [0.5, 0.6) is 0 Å². The zero-order valence-electron chi connectivity index (χ0n) is 24.0. The highest BCUT2D eigenvalue weighted by molar-refractivity contribution is 6.99. The first-order valence-electron chi connectivity index (χ1n) is 14.8. The largest absolute Gasteiger partial charge is 0.401 e. The summed E-state index contributed by atoms with van der Waals surface area (Å²) in [5, 5.41) is 12.8. The Morgan fingerprint density at radius 2 is 1.47 bits per heavy atom. The zero-order chi connectivity index (χ0) is 27.1. The molecule has 2 aromatic rings. The minimum atomic E-state index is -2.60. The molecule has 1 saturated carbocycles. The van der Waals surface area contributed by atoms with Crippen molar-refractivity contribution in [3.05, 3.63) is 85.0 Å². The molecule has 4 rings (SSSR count). The van der Waals surface area contributed by atoms with E-state index in [1.54, 1.807) is 0 Å². The summed E-state index contributed by atoms with van der Waals surface area (Å²) in [5.74, 6) is 1.00. The molecule has 0 aromatic heterocycles. The van der Waals surface area contributed by atoms with E-state index < -0.39 is 8.32 Å². The van der Waals surface area contributed by atoms with Gasteiger partial charge in [-0.1, -0.05) is 119 Å². The molecule has 3 heteroatoms. The lowest BCUT2D eigenvalue weighted by Crippen LogP contribution is -2.67. The molecule has 2 aromatic carbocycles. The Hall–Kier alpha value is -2.41. The van der Waals surface area contributed by atoms with Crippen LogP contribution in [-0.2, 0) is 4.43 Å². The molecule has 2 aliphatic carbocycles. The van der Waals surface area contributed by atoms with E-state index in [0.717, 1.165) is 44.9 Å². The van der Waals surface area contributed by atoms with Gasteiger partial charge < -0.3 is 4.43 Å². The summed E-state index contributed by atoms with van der Waals surface area (Å²) in [6.45, 7) is 9.40. The van der Waals surface area contributed by atoms with E-state index in [-0.39, 0.29) is 16.6 Å². The third kappa shape index (κ3) is 6.24. The molecule has 38 heavy (non-hydrogen) atoms. The second-order valence-electron chi connectivity index (χ2n) is 12.7. The van der Waals surface area contributed by atoms with E-state index in [9.17, 15) is 5.26 Å². The standard InChI is InChI=1S/C35H47NOSi/c1-29-16-14-26-35(28-36)27-15-18-30(35)17-8-5-9-19-31(25-24-29)37-38(34(2,3)4,32-20-10-6-11-21-32)33-22-12-7-13-23-33/h6-7,9-14,16,19-23,29-31H,5,8,15,17-18,24-27H2,1-4H3/b16-14+,19-9+. The Bertz CT molecular complexity index is 1070. The molecule has 4 atom stereocenters. The fraction of sp³-hybridized carbons (Fsp3) is 0.514. The van der Waals surface area contributed by atoms with Crippen molar-refractivity contribution >= 4 is 18.7 Å². The van der Waals surface area contributed by atoms with Gasteiger partial charge in [0.2, 0.25) is 0 Å². The molecular weight excluding hydrogens is 478 g/mol. The van der Waals surface area contributed by atoms with E-state index in [2.05, 4.69) is 119 Å². The van der Waals surface area contributed by atoms with Gasteiger partial charge in [0.25, 0.3) is 8.32 Å². The van der Waals surface area contributed by atoms with Gasteiger partial charge in [-0.05, 0) is 78.6 Å². The van der Waals surface area contributed by atoms with Crippen LogP contribution in [0, 0.1) is 28.6 Å². The number of hydrogen-bond donors (Lipinski definition) is 0. The Morgan fingerprint density at radius 1 is 0.842 bits per heavy atom. The minimum absolute atomic E-state index is 0.0305. The second kappa shape index (κ2) is 12.6. The molecule has 2 aliphatic rings. The second-order valence-corrected chi connectivity index (χ2v) is 17.0. The van der Waals surface area contributed by atoms with E-state index >= 15 is 0 Å². The number of hydrogen-bond acceptors (Lipinski definition) is 2. The van der Waals surface area contributed by atoms with Gasteiger partial charge in [-0.25, -0.2) is 0 Å². The number of nitriles is 1. The van der Waals surface area contributed by atoms with Crippen molar-refractivity contribution in [3.8, 4) is 6.07 Å². The maximum atomic E-state index is 10.1. The van der Waals surface area contributed by atoms with E-state index in [1.807, 2.05) is 0 Å². The molecule has 202 valence electrons. The normalized spacial score (nSPS) is 29.0. The molecule has 0 radical (unpaired) electrons. The summed E-state index contributed by atoms with van der Waals surface area (Å²) in [5.41, 5.74) is -0.140. The number of allylic oxidation sites excluding steroid dienone is 3. The summed E-state index contributed by atoms with van der Waals surface area (Å²) in [7, 11) is -2.60. The maximum absolute atomic E-state index is 10.1. The van der Waals surface area contributed by atoms with Crippen molar-refractivity contribution in [2.75, 3.05) is 0 Å².